The monoisotopic (exact) mass is 536 g/mol. The van der Waals surface area contributed by atoms with E-state index in [1.165, 1.54) is 0 Å². The fraction of sp³-hybridized carbons (Fsp3) is 0.310. The summed E-state index contributed by atoms with van der Waals surface area (Å²) in [6.07, 6.45) is 0.638. The van der Waals surface area contributed by atoms with Gasteiger partial charge in [0.15, 0.2) is 0 Å². The summed E-state index contributed by atoms with van der Waals surface area (Å²) in [5.41, 5.74) is 2.85. The molecule has 1 N–H and O–H groups in total. The molecule has 5 nitrogen and oxygen atoms in total. The Hall–Kier alpha value is -3.12. The predicted octanol–water partition coefficient (Wildman–Crippen LogP) is 5.41. The molecule has 0 spiro atoms. The van der Waals surface area contributed by atoms with Gasteiger partial charge in [-0.25, -0.2) is 0 Å². The first-order chi connectivity index (χ1) is 16.9. The molecular formula is C29H33BrN2O3. The lowest BCUT2D eigenvalue weighted by Gasteiger charge is -2.32. The molecule has 0 aliphatic heterocycles. The van der Waals surface area contributed by atoms with Crippen molar-refractivity contribution in [1.82, 2.24) is 10.2 Å². The average molecular weight is 537 g/mol. The van der Waals surface area contributed by atoms with Crippen LogP contribution in [0.3, 0.4) is 0 Å². The number of halogens is 1. The van der Waals surface area contributed by atoms with Crippen molar-refractivity contribution >= 4 is 27.7 Å². The minimum atomic E-state index is -0.634. The van der Waals surface area contributed by atoms with Crippen LogP contribution in [0, 0.1) is 5.92 Å². The number of hydrogen-bond acceptors (Lipinski definition) is 3. The topological polar surface area (TPSA) is 58.6 Å². The fourth-order valence-corrected chi connectivity index (χ4v) is 4.05. The number of carbonyl (C=O) groups excluding carboxylic acids is 2. The highest BCUT2D eigenvalue weighted by molar-refractivity contribution is 9.10. The van der Waals surface area contributed by atoms with Crippen LogP contribution in [0.1, 0.15) is 30.5 Å². The van der Waals surface area contributed by atoms with Crippen molar-refractivity contribution < 1.29 is 14.3 Å². The van der Waals surface area contributed by atoms with Crippen molar-refractivity contribution in [3.8, 4) is 5.75 Å². The predicted molar refractivity (Wildman–Crippen MR) is 143 cm³/mol. The maximum atomic E-state index is 13.7. The summed E-state index contributed by atoms with van der Waals surface area (Å²) in [5, 5.41) is 3.05. The molecule has 0 aromatic heterocycles. The van der Waals surface area contributed by atoms with Crippen molar-refractivity contribution in [2.75, 3.05) is 13.7 Å². The van der Waals surface area contributed by atoms with Crippen LogP contribution in [-0.2, 0) is 29.0 Å². The lowest BCUT2D eigenvalue weighted by molar-refractivity contribution is -0.140. The number of ether oxygens (including phenoxy) is 1. The van der Waals surface area contributed by atoms with E-state index in [9.17, 15) is 9.59 Å². The number of amides is 2. The van der Waals surface area contributed by atoms with E-state index in [2.05, 4.69) is 35.1 Å². The number of carbonyl (C=O) groups is 2. The standard InChI is InChI=1S/C29H33BrN2O3/c1-21(2)19-31-29(34)27(17-22-7-5-4-6-8-22)32(20-24-9-13-25(30)14-10-24)28(33)18-23-11-15-26(35-3)16-12-23/h4-16,21,27H,17-20H2,1-3H3,(H,31,34). The van der Waals surface area contributed by atoms with Gasteiger partial charge in [-0.1, -0.05) is 84.4 Å². The second-order valence-electron chi connectivity index (χ2n) is 9.02. The Morgan fingerprint density at radius 2 is 1.51 bits per heavy atom. The lowest BCUT2D eigenvalue weighted by Crippen LogP contribution is -2.51. The van der Waals surface area contributed by atoms with Crippen LogP contribution in [0.25, 0.3) is 0 Å². The number of benzene rings is 3. The second kappa shape index (κ2) is 13.1. The van der Waals surface area contributed by atoms with Gasteiger partial charge in [0.2, 0.25) is 11.8 Å². The molecule has 184 valence electrons. The highest BCUT2D eigenvalue weighted by Gasteiger charge is 2.30. The van der Waals surface area contributed by atoms with Gasteiger partial charge in [-0.05, 0) is 46.9 Å². The Bertz CT molecular complexity index is 1080. The zero-order chi connectivity index (χ0) is 25.2. The fourth-order valence-electron chi connectivity index (χ4n) is 3.78. The third-order valence-corrected chi connectivity index (χ3v) is 6.26. The Morgan fingerprint density at radius 3 is 2.11 bits per heavy atom. The minimum Gasteiger partial charge on any atom is -0.497 e. The van der Waals surface area contributed by atoms with Crippen LogP contribution in [-0.4, -0.2) is 36.4 Å². The molecule has 0 aliphatic rings. The smallest absolute Gasteiger partial charge is 0.243 e. The Balaban J connectivity index is 1.93. The number of nitrogens with one attached hydrogen (secondary N) is 1. The van der Waals surface area contributed by atoms with Gasteiger partial charge in [-0.3, -0.25) is 9.59 Å². The van der Waals surface area contributed by atoms with Crippen LogP contribution in [0.15, 0.2) is 83.3 Å². The SMILES string of the molecule is COc1ccc(CC(=O)N(Cc2ccc(Br)cc2)C(Cc2ccccc2)C(=O)NCC(C)C)cc1. The molecule has 3 aromatic carbocycles. The van der Waals surface area contributed by atoms with Gasteiger partial charge < -0.3 is 15.0 Å². The van der Waals surface area contributed by atoms with Gasteiger partial charge in [0.05, 0.1) is 13.5 Å². The molecule has 0 bridgehead atoms. The lowest BCUT2D eigenvalue weighted by atomic mass is 10.0. The number of nitrogens with zero attached hydrogens (tertiary/aromatic N) is 1. The molecule has 2 amide bonds. The molecule has 1 atom stereocenters. The van der Waals surface area contributed by atoms with Gasteiger partial charge in [0.1, 0.15) is 11.8 Å². The van der Waals surface area contributed by atoms with Crippen LogP contribution < -0.4 is 10.1 Å². The Kier molecular flexibility index (Phi) is 9.91. The molecule has 0 radical (unpaired) electrons. The van der Waals surface area contributed by atoms with Crippen LogP contribution in [0.4, 0.5) is 0 Å². The van der Waals surface area contributed by atoms with Crippen LogP contribution in [0.5, 0.6) is 5.75 Å². The molecular weight excluding hydrogens is 504 g/mol. The Labute approximate surface area is 216 Å². The summed E-state index contributed by atoms with van der Waals surface area (Å²) in [6.45, 7) is 5.01. The maximum absolute atomic E-state index is 13.7. The molecule has 1 unspecified atom stereocenters. The van der Waals surface area contributed by atoms with E-state index < -0.39 is 6.04 Å². The third kappa shape index (κ3) is 8.25. The first-order valence-electron chi connectivity index (χ1n) is 11.8. The highest BCUT2D eigenvalue weighted by Crippen LogP contribution is 2.19. The summed E-state index contributed by atoms with van der Waals surface area (Å²) in [4.78, 5) is 28.9. The van der Waals surface area contributed by atoms with Crippen LogP contribution >= 0.6 is 15.9 Å². The quantitative estimate of drug-likeness (QED) is 0.356. The van der Waals surface area contributed by atoms with Gasteiger partial charge in [-0.15, -0.1) is 0 Å². The zero-order valence-corrected chi connectivity index (χ0v) is 22.1. The van der Waals surface area contributed by atoms with E-state index in [-0.39, 0.29) is 18.2 Å². The summed E-state index contributed by atoms with van der Waals surface area (Å²) >= 11 is 3.47. The molecule has 0 saturated carbocycles. The Morgan fingerprint density at radius 1 is 0.886 bits per heavy atom. The van der Waals surface area contributed by atoms with Gasteiger partial charge >= 0.3 is 0 Å². The number of methoxy groups -OCH3 is 1. The summed E-state index contributed by atoms with van der Waals surface area (Å²) < 4.78 is 6.21. The second-order valence-corrected chi connectivity index (χ2v) is 9.93. The zero-order valence-electron chi connectivity index (χ0n) is 20.5. The van der Waals surface area contributed by atoms with E-state index >= 15 is 0 Å². The summed E-state index contributed by atoms with van der Waals surface area (Å²) in [6, 6.07) is 24.5. The molecule has 35 heavy (non-hydrogen) atoms. The van der Waals surface area contributed by atoms with E-state index in [1.807, 2.05) is 78.9 Å². The van der Waals surface area contributed by atoms with Crippen molar-refractivity contribution in [2.45, 2.75) is 39.3 Å². The van der Waals surface area contributed by atoms with Crippen LogP contribution in [0.2, 0.25) is 0 Å². The minimum absolute atomic E-state index is 0.0984. The van der Waals surface area contributed by atoms with Gasteiger partial charge in [0, 0.05) is 24.0 Å². The van der Waals surface area contributed by atoms with E-state index in [0.717, 1.165) is 26.9 Å². The molecule has 3 aromatic rings. The van der Waals surface area contributed by atoms with Crippen molar-refractivity contribution in [3.63, 3.8) is 0 Å². The number of rotatable bonds is 11. The molecule has 0 aliphatic carbocycles. The molecule has 0 saturated heterocycles. The maximum Gasteiger partial charge on any atom is 0.243 e. The number of hydrogen-bond donors (Lipinski definition) is 1. The first-order valence-corrected chi connectivity index (χ1v) is 12.6. The van der Waals surface area contributed by atoms with E-state index in [1.54, 1.807) is 12.0 Å². The average Bonchev–Trinajstić information content (AvgIpc) is 2.86. The van der Waals surface area contributed by atoms with E-state index in [4.69, 9.17) is 4.74 Å². The van der Waals surface area contributed by atoms with Gasteiger partial charge in [0.25, 0.3) is 0 Å². The summed E-state index contributed by atoms with van der Waals surface area (Å²) in [7, 11) is 1.62. The first kappa shape index (κ1) is 26.5. The summed E-state index contributed by atoms with van der Waals surface area (Å²) in [5.74, 6) is 0.815. The highest BCUT2D eigenvalue weighted by atomic mass is 79.9. The molecule has 3 rings (SSSR count). The van der Waals surface area contributed by atoms with Crippen molar-refractivity contribution in [2.24, 2.45) is 5.92 Å². The molecule has 0 fully saturated rings. The molecule has 6 heteroatoms. The molecule has 0 heterocycles. The largest absolute Gasteiger partial charge is 0.497 e. The van der Waals surface area contributed by atoms with Crippen molar-refractivity contribution in [1.29, 1.82) is 0 Å². The van der Waals surface area contributed by atoms with Gasteiger partial charge in [-0.2, -0.15) is 0 Å². The normalized spacial score (nSPS) is 11.7. The van der Waals surface area contributed by atoms with E-state index in [0.29, 0.717) is 25.4 Å². The third-order valence-electron chi connectivity index (χ3n) is 5.74. The van der Waals surface area contributed by atoms with Crippen molar-refractivity contribution in [3.05, 3.63) is 100 Å².